The van der Waals surface area contributed by atoms with Gasteiger partial charge in [-0.1, -0.05) is 72.8 Å². The smallest absolute Gasteiger partial charge is 0.243 e. The highest BCUT2D eigenvalue weighted by atomic mass is 32.2. The Morgan fingerprint density at radius 3 is 2.35 bits per heavy atom. The van der Waals surface area contributed by atoms with Gasteiger partial charge in [0.1, 0.15) is 4.90 Å². The number of nitrogens with zero attached hydrogens (tertiary/aromatic N) is 3. The average molecular weight is 639 g/mol. The van der Waals surface area contributed by atoms with Gasteiger partial charge in [0.15, 0.2) is 6.29 Å². The van der Waals surface area contributed by atoms with E-state index in [4.69, 9.17) is 9.47 Å². The van der Waals surface area contributed by atoms with Crippen molar-refractivity contribution in [3.8, 4) is 0 Å². The van der Waals surface area contributed by atoms with Crippen molar-refractivity contribution < 1.29 is 23.0 Å². The number of sulfonamides is 1. The van der Waals surface area contributed by atoms with Crippen molar-refractivity contribution in [2.75, 3.05) is 20.1 Å². The third-order valence-electron chi connectivity index (χ3n) is 8.21. The number of para-hydroxylation sites is 1. The van der Waals surface area contributed by atoms with Crippen LogP contribution in [0.4, 0.5) is 0 Å². The molecule has 2 aromatic heterocycles. The summed E-state index contributed by atoms with van der Waals surface area (Å²) in [6.45, 7) is 1.68. The van der Waals surface area contributed by atoms with E-state index in [0.717, 1.165) is 52.8 Å². The van der Waals surface area contributed by atoms with E-state index in [1.165, 1.54) is 0 Å². The molecule has 0 spiro atoms. The second kappa shape index (κ2) is 14.6. The van der Waals surface area contributed by atoms with Crippen molar-refractivity contribution >= 4 is 20.9 Å². The maximum Gasteiger partial charge on any atom is 0.243 e. The monoisotopic (exact) mass is 638 g/mol. The van der Waals surface area contributed by atoms with Crippen molar-refractivity contribution in [1.29, 1.82) is 0 Å². The highest BCUT2D eigenvalue weighted by molar-refractivity contribution is 7.89. The number of pyridine rings is 2. The number of fused-ring (bicyclic) bond motifs is 1. The Labute approximate surface area is 269 Å². The summed E-state index contributed by atoms with van der Waals surface area (Å²) in [7, 11) is -1.70. The van der Waals surface area contributed by atoms with Gasteiger partial charge >= 0.3 is 0 Å². The molecule has 3 heterocycles. The second-order valence-corrected chi connectivity index (χ2v) is 13.3. The number of likely N-dealkylation sites (N-methyl/N-ethyl adjacent to an activating group) is 1. The van der Waals surface area contributed by atoms with E-state index in [2.05, 4.69) is 26.6 Å². The van der Waals surface area contributed by atoms with Gasteiger partial charge in [0.05, 0.1) is 24.3 Å². The summed E-state index contributed by atoms with van der Waals surface area (Å²) in [4.78, 5) is 11.1. The number of rotatable bonds is 12. The van der Waals surface area contributed by atoms with Crippen LogP contribution >= 0.6 is 0 Å². The maximum absolute atomic E-state index is 13.2. The Morgan fingerprint density at radius 2 is 1.59 bits per heavy atom. The standard InChI is InChI=1S/C36H38N4O5S/c1-40(21-18-31-8-2-3-19-37-31)24-32-22-33(28-14-12-27(25-41)13-15-28)45-36(44-32)30-16-10-26(11-17-30)23-39-46(42,43)34-9-4-6-29-7-5-20-38-35(29)34/h2-17,19-20,32-33,36,39,41H,18,21-25H2,1H3/t32-,33+,36?/m0/s1. The van der Waals surface area contributed by atoms with Crippen molar-refractivity contribution in [1.82, 2.24) is 19.6 Å². The van der Waals surface area contributed by atoms with E-state index < -0.39 is 16.3 Å². The number of aliphatic hydroxyl groups excluding tert-OH is 1. The first kappa shape index (κ1) is 31.9. The lowest BCUT2D eigenvalue weighted by Gasteiger charge is -2.38. The van der Waals surface area contributed by atoms with Gasteiger partial charge in [-0.3, -0.25) is 9.97 Å². The number of hydrogen-bond acceptors (Lipinski definition) is 8. The SMILES string of the molecule is CN(CCc1ccccn1)C[C@@H]1C[C@H](c2ccc(CO)cc2)OC(c2ccc(CNS(=O)(=O)c3cccc4cccnc34)cc2)O1. The zero-order chi connectivity index (χ0) is 31.9. The zero-order valence-electron chi connectivity index (χ0n) is 25.7. The molecule has 1 saturated heterocycles. The van der Waals surface area contributed by atoms with Crippen molar-refractivity contribution in [2.24, 2.45) is 0 Å². The second-order valence-electron chi connectivity index (χ2n) is 11.6. The molecule has 46 heavy (non-hydrogen) atoms. The molecule has 238 valence electrons. The number of hydrogen-bond donors (Lipinski definition) is 2. The molecule has 0 radical (unpaired) electrons. The van der Waals surface area contributed by atoms with E-state index in [1.807, 2.05) is 85.1 Å². The average Bonchev–Trinajstić information content (AvgIpc) is 3.10. The van der Waals surface area contributed by atoms with E-state index >= 15 is 0 Å². The van der Waals surface area contributed by atoms with Gasteiger partial charge in [-0.2, -0.15) is 0 Å². The van der Waals surface area contributed by atoms with E-state index in [9.17, 15) is 13.5 Å². The zero-order valence-corrected chi connectivity index (χ0v) is 26.5. The van der Waals surface area contributed by atoms with Crippen LogP contribution in [-0.4, -0.2) is 54.6 Å². The van der Waals surface area contributed by atoms with Gasteiger partial charge in [-0.05, 0) is 48.0 Å². The van der Waals surface area contributed by atoms with Crippen LogP contribution in [-0.2, 0) is 39.1 Å². The van der Waals surface area contributed by atoms with Crippen LogP contribution in [0.3, 0.4) is 0 Å². The first-order chi connectivity index (χ1) is 22.4. The van der Waals surface area contributed by atoms with Crippen LogP contribution < -0.4 is 4.72 Å². The summed E-state index contributed by atoms with van der Waals surface area (Å²) in [5, 5.41) is 10.3. The van der Waals surface area contributed by atoms with Gasteiger partial charge in [-0.25, -0.2) is 13.1 Å². The Kier molecular flexibility index (Phi) is 10.1. The minimum absolute atomic E-state index is 0.0113. The molecule has 1 aliphatic heterocycles. The molecule has 0 amide bonds. The topological polar surface area (TPSA) is 114 Å². The molecule has 5 aromatic rings. The number of ether oxygens (including phenoxy) is 2. The molecule has 0 aliphatic carbocycles. The summed E-state index contributed by atoms with van der Waals surface area (Å²) in [5.41, 5.74) is 5.03. The fourth-order valence-corrected chi connectivity index (χ4v) is 6.86. The largest absolute Gasteiger partial charge is 0.392 e. The molecule has 10 heteroatoms. The van der Waals surface area contributed by atoms with Crippen molar-refractivity contribution in [3.05, 3.63) is 137 Å². The molecule has 2 N–H and O–H groups in total. The molecule has 6 rings (SSSR count). The molecule has 1 fully saturated rings. The molecular formula is C36H38N4O5S. The summed E-state index contributed by atoms with van der Waals surface area (Å²) in [6, 6.07) is 30.2. The molecule has 1 aliphatic rings. The van der Waals surface area contributed by atoms with Crippen LogP contribution in [0.2, 0.25) is 0 Å². The quantitative estimate of drug-likeness (QED) is 0.189. The summed E-state index contributed by atoms with van der Waals surface area (Å²) in [5.74, 6) is 0. The Morgan fingerprint density at radius 1 is 0.848 bits per heavy atom. The number of aromatic nitrogens is 2. The lowest BCUT2D eigenvalue weighted by atomic mass is 9.99. The van der Waals surface area contributed by atoms with Gasteiger partial charge in [0, 0.05) is 61.5 Å². The molecular weight excluding hydrogens is 600 g/mol. The molecule has 9 nitrogen and oxygen atoms in total. The molecule has 0 saturated carbocycles. The van der Waals surface area contributed by atoms with Crippen molar-refractivity contribution in [3.63, 3.8) is 0 Å². The number of benzene rings is 3. The van der Waals surface area contributed by atoms with Gasteiger partial charge in [0.25, 0.3) is 0 Å². The predicted octanol–water partition coefficient (Wildman–Crippen LogP) is 5.32. The van der Waals surface area contributed by atoms with Gasteiger partial charge in [0.2, 0.25) is 10.0 Å². The van der Waals surface area contributed by atoms with Gasteiger partial charge in [-0.15, -0.1) is 0 Å². The van der Waals surface area contributed by atoms with Crippen LogP contribution in [0, 0.1) is 0 Å². The van der Waals surface area contributed by atoms with Crippen molar-refractivity contribution in [2.45, 2.75) is 49.4 Å². The Balaban J connectivity index is 1.14. The van der Waals surface area contributed by atoms with E-state index in [1.54, 1.807) is 24.4 Å². The fourth-order valence-electron chi connectivity index (χ4n) is 5.67. The van der Waals surface area contributed by atoms with Crippen LogP contribution in [0.15, 0.2) is 114 Å². The highest BCUT2D eigenvalue weighted by Crippen LogP contribution is 2.38. The fraction of sp³-hybridized carbons (Fsp3) is 0.278. The first-order valence-corrected chi connectivity index (χ1v) is 16.9. The van der Waals surface area contributed by atoms with Crippen LogP contribution in [0.1, 0.15) is 46.8 Å². The van der Waals surface area contributed by atoms with Crippen LogP contribution in [0.25, 0.3) is 10.9 Å². The lowest BCUT2D eigenvalue weighted by molar-refractivity contribution is -0.252. The van der Waals surface area contributed by atoms with Gasteiger partial charge < -0.3 is 19.5 Å². The van der Waals surface area contributed by atoms with Crippen LogP contribution in [0.5, 0.6) is 0 Å². The molecule has 0 bridgehead atoms. The molecule has 1 unspecified atom stereocenters. The Hall–Kier alpha value is -4.03. The maximum atomic E-state index is 13.2. The predicted molar refractivity (Wildman–Crippen MR) is 176 cm³/mol. The van der Waals surface area contributed by atoms with E-state index in [-0.39, 0.29) is 30.3 Å². The molecule has 3 atom stereocenters. The third kappa shape index (κ3) is 7.84. The van der Waals surface area contributed by atoms with E-state index in [0.29, 0.717) is 11.9 Å². The summed E-state index contributed by atoms with van der Waals surface area (Å²) >= 11 is 0. The molecule has 3 aromatic carbocycles. The number of nitrogens with one attached hydrogen (secondary N) is 1. The summed E-state index contributed by atoms with van der Waals surface area (Å²) < 4.78 is 42.1. The third-order valence-corrected chi connectivity index (χ3v) is 9.64. The first-order valence-electron chi connectivity index (χ1n) is 15.4. The minimum Gasteiger partial charge on any atom is -0.392 e. The number of aliphatic hydroxyl groups is 1. The summed E-state index contributed by atoms with van der Waals surface area (Å²) in [6.07, 6.45) is 4.06. The highest BCUT2D eigenvalue weighted by Gasteiger charge is 2.32. The normalized spacial score (nSPS) is 18.6. The lowest BCUT2D eigenvalue weighted by Crippen LogP contribution is -2.38. The Bertz CT molecular complexity index is 1830. The minimum atomic E-state index is -3.79.